The summed E-state index contributed by atoms with van der Waals surface area (Å²) in [6.07, 6.45) is 3.29. The van der Waals surface area contributed by atoms with Crippen LogP contribution in [0.25, 0.3) is 0 Å². The topological polar surface area (TPSA) is 61.7 Å². The summed E-state index contributed by atoms with van der Waals surface area (Å²) in [5, 5.41) is 23.5. The summed E-state index contributed by atoms with van der Waals surface area (Å²) in [5.41, 5.74) is 2.09. The number of aromatic hydroxyl groups is 1. The van der Waals surface area contributed by atoms with Gasteiger partial charge in [-0.2, -0.15) is 0 Å². The van der Waals surface area contributed by atoms with Crippen molar-refractivity contribution in [1.82, 2.24) is 5.32 Å². The zero-order valence-corrected chi connectivity index (χ0v) is 15.8. The molecule has 0 radical (unpaired) electrons. The van der Waals surface area contributed by atoms with Gasteiger partial charge in [0.25, 0.3) is 0 Å². The first kappa shape index (κ1) is 19.6. The van der Waals surface area contributed by atoms with Crippen molar-refractivity contribution in [2.75, 3.05) is 19.9 Å². The van der Waals surface area contributed by atoms with Crippen LogP contribution in [0.15, 0.2) is 47.4 Å². The summed E-state index contributed by atoms with van der Waals surface area (Å²) >= 11 is 1.47. The Morgan fingerprint density at radius 2 is 1.88 bits per heavy atom. The number of rotatable bonds is 9. The first-order valence-electron chi connectivity index (χ1n) is 8.44. The van der Waals surface area contributed by atoms with Gasteiger partial charge in [0.05, 0.1) is 13.2 Å². The molecule has 0 amide bonds. The van der Waals surface area contributed by atoms with E-state index in [0.29, 0.717) is 12.6 Å². The van der Waals surface area contributed by atoms with Crippen LogP contribution in [0.5, 0.6) is 11.5 Å². The third-order valence-corrected chi connectivity index (χ3v) is 5.04. The molecule has 3 N–H and O–H groups in total. The second-order valence-corrected chi connectivity index (χ2v) is 6.99. The fraction of sp³-hybridized carbons (Fsp3) is 0.400. The van der Waals surface area contributed by atoms with Crippen LogP contribution in [-0.4, -0.2) is 36.2 Å². The van der Waals surface area contributed by atoms with E-state index < -0.39 is 6.10 Å². The Labute approximate surface area is 154 Å². The highest BCUT2D eigenvalue weighted by atomic mass is 32.2. The van der Waals surface area contributed by atoms with Crippen LogP contribution in [0.3, 0.4) is 0 Å². The van der Waals surface area contributed by atoms with E-state index in [1.807, 2.05) is 24.5 Å². The first-order chi connectivity index (χ1) is 12.0. The molecule has 0 aliphatic rings. The van der Waals surface area contributed by atoms with Crippen LogP contribution >= 0.6 is 11.8 Å². The van der Waals surface area contributed by atoms with E-state index in [1.165, 1.54) is 17.3 Å². The maximum absolute atomic E-state index is 10.4. The average Bonchev–Trinajstić information content (AvgIpc) is 2.65. The monoisotopic (exact) mass is 361 g/mol. The number of ether oxygens (including phenoxy) is 1. The standard InChI is InChI=1S/C20H27NO3S/c1-14(4-5-15-6-9-17(24-2)10-7-15)21-13-19(23)16-8-11-18(22)20(12-16)25-3/h6-12,14,19,21-23H,4-5,13H2,1-3H3. The van der Waals surface area contributed by atoms with Crippen LogP contribution in [0.4, 0.5) is 0 Å². The highest BCUT2D eigenvalue weighted by Crippen LogP contribution is 2.29. The number of phenols is 1. The molecule has 2 atom stereocenters. The minimum Gasteiger partial charge on any atom is -0.507 e. The van der Waals surface area contributed by atoms with Gasteiger partial charge in [0.1, 0.15) is 11.5 Å². The number of phenolic OH excluding ortho intramolecular Hbond substituents is 1. The number of methoxy groups -OCH3 is 1. The summed E-state index contributed by atoms with van der Waals surface area (Å²) in [4.78, 5) is 0.782. The van der Waals surface area contributed by atoms with Gasteiger partial charge in [0.15, 0.2) is 0 Å². The van der Waals surface area contributed by atoms with Crippen molar-refractivity contribution in [3.63, 3.8) is 0 Å². The number of hydrogen-bond donors (Lipinski definition) is 3. The van der Waals surface area contributed by atoms with E-state index in [0.717, 1.165) is 29.1 Å². The van der Waals surface area contributed by atoms with Gasteiger partial charge >= 0.3 is 0 Å². The molecular weight excluding hydrogens is 334 g/mol. The lowest BCUT2D eigenvalue weighted by atomic mass is 10.1. The minimum atomic E-state index is -0.588. The van der Waals surface area contributed by atoms with Gasteiger partial charge < -0.3 is 20.3 Å². The van der Waals surface area contributed by atoms with Crippen LogP contribution in [-0.2, 0) is 6.42 Å². The molecule has 0 bridgehead atoms. The number of aryl methyl sites for hydroxylation is 1. The maximum atomic E-state index is 10.4. The fourth-order valence-corrected chi connectivity index (χ4v) is 3.14. The van der Waals surface area contributed by atoms with E-state index in [1.54, 1.807) is 19.2 Å². The van der Waals surface area contributed by atoms with Crippen LogP contribution in [0, 0.1) is 0 Å². The third kappa shape index (κ3) is 5.96. The largest absolute Gasteiger partial charge is 0.507 e. The zero-order valence-electron chi connectivity index (χ0n) is 15.0. The SMILES string of the molecule is COc1ccc(CCC(C)NCC(O)c2ccc(O)c(SC)c2)cc1. The molecule has 2 aromatic rings. The van der Waals surface area contributed by atoms with Gasteiger partial charge in [0, 0.05) is 17.5 Å². The van der Waals surface area contributed by atoms with Crippen LogP contribution < -0.4 is 10.1 Å². The predicted octanol–water partition coefficient (Wildman–Crippen LogP) is 3.77. The Hall–Kier alpha value is -1.69. The zero-order chi connectivity index (χ0) is 18.2. The lowest BCUT2D eigenvalue weighted by molar-refractivity contribution is 0.169. The maximum Gasteiger partial charge on any atom is 0.129 e. The van der Waals surface area contributed by atoms with Crippen LogP contribution in [0.1, 0.15) is 30.6 Å². The molecule has 25 heavy (non-hydrogen) atoms. The molecule has 136 valence electrons. The van der Waals surface area contributed by atoms with E-state index in [2.05, 4.69) is 24.4 Å². The summed E-state index contributed by atoms with van der Waals surface area (Å²) in [7, 11) is 1.67. The number of aliphatic hydroxyl groups is 1. The average molecular weight is 362 g/mol. The summed E-state index contributed by atoms with van der Waals surface area (Å²) in [5.74, 6) is 1.13. The molecule has 0 aromatic heterocycles. The summed E-state index contributed by atoms with van der Waals surface area (Å²) in [6.45, 7) is 2.61. The summed E-state index contributed by atoms with van der Waals surface area (Å²) in [6, 6.07) is 13.7. The molecule has 5 heteroatoms. The van der Waals surface area contributed by atoms with E-state index >= 15 is 0 Å². The van der Waals surface area contributed by atoms with Gasteiger partial charge in [0.2, 0.25) is 0 Å². The van der Waals surface area contributed by atoms with Gasteiger partial charge in [-0.3, -0.25) is 0 Å². The minimum absolute atomic E-state index is 0.254. The van der Waals surface area contributed by atoms with Crippen molar-refractivity contribution in [2.24, 2.45) is 0 Å². The Morgan fingerprint density at radius 3 is 2.52 bits per heavy atom. The number of thioether (sulfide) groups is 1. The molecular formula is C20H27NO3S. The number of nitrogens with one attached hydrogen (secondary N) is 1. The predicted molar refractivity (Wildman–Crippen MR) is 104 cm³/mol. The van der Waals surface area contributed by atoms with E-state index in [4.69, 9.17) is 4.74 Å². The summed E-state index contributed by atoms with van der Waals surface area (Å²) < 4.78 is 5.17. The molecule has 2 aromatic carbocycles. The second-order valence-electron chi connectivity index (χ2n) is 6.14. The van der Waals surface area contributed by atoms with Gasteiger partial charge in [-0.25, -0.2) is 0 Å². The van der Waals surface area contributed by atoms with Gasteiger partial charge in [-0.05, 0) is 61.4 Å². The van der Waals surface area contributed by atoms with E-state index in [-0.39, 0.29) is 5.75 Å². The van der Waals surface area contributed by atoms with Gasteiger partial charge in [-0.15, -0.1) is 11.8 Å². The molecule has 0 aliphatic carbocycles. The highest BCUT2D eigenvalue weighted by molar-refractivity contribution is 7.98. The van der Waals surface area contributed by atoms with Crippen molar-refractivity contribution in [1.29, 1.82) is 0 Å². The number of aliphatic hydroxyl groups excluding tert-OH is 1. The van der Waals surface area contributed by atoms with Crippen molar-refractivity contribution in [3.8, 4) is 11.5 Å². The smallest absolute Gasteiger partial charge is 0.129 e. The first-order valence-corrected chi connectivity index (χ1v) is 9.67. The molecule has 2 rings (SSSR count). The molecule has 2 unspecified atom stereocenters. The molecule has 0 aliphatic heterocycles. The quantitative estimate of drug-likeness (QED) is 0.594. The fourth-order valence-electron chi connectivity index (χ4n) is 2.61. The Kier molecular flexibility index (Phi) is 7.62. The third-order valence-electron chi connectivity index (χ3n) is 4.27. The molecule has 0 fully saturated rings. The molecule has 0 saturated heterocycles. The molecule has 0 heterocycles. The second kappa shape index (κ2) is 9.70. The van der Waals surface area contributed by atoms with E-state index in [9.17, 15) is 10.2 Å². The van der Waals surface area contributed by atoms with Crippen molar-refractivity contribution < 1.29 is 14.9 Å². The van der Waals surface area contributed by atoms with Crippen LogP contribution in [0.2, 0.25) is 0 Å². The molecule has 4 nitrogen and oxygen atoms in total. The highest BCUT2D eigenvalue weighted by Gasteiger charge is 2.12. The normalized spacial score (nSPS) is 13.4. The van der Waals surface area contributed by atoms with Crippen molar-refractivity contribution in [3.05, 3.63) is 53.6 Å². The van der Waals surface area contributed by atoms with Gasteiger partial charge in [-0.1, -0.05) is 18.2 Å². The molecule has 0 saturated carbocycles. The van der Waals surface area contributed by atoms with Crippen molar-refractivity contribution in [2.45, 2.75) is 36.8 Å². The number of benzene rings is 2. The lowest BCUT2D eigenvalue weighted by Crippen LogP contribution is -2.30. The Morgan fingerprint density at radius 1 is 1.16 bits per heavy atom. The Bertz CT molecular complexity index is 660. The lowest BCUT2D eigenvalue weighted by Gasteiger charge is -2.18. The van der Waals surface area contributed by atoms with Crippen molar-refractivity contribution >= 4 is 11.8 Å². The Balaban J connectivity index is 1.79. The number of hydrogen-bond acceptors (Lipinski definition) is 5. The molecule has 0 spiro atoms.